The Hall–Kier alpha value is -2.58. The second kappa shape index (κ2) is 11.3. The van der Waals surface area contributed by atoms with Gasteiger partial charge >= 0.3 is 0 Å². The van der Waals surface area contributed by atoms with Crippen LogP contribution in [0.1, 0.15) is 38.8 Å². The molecule has 0 radical (unpaired) electrons. The molecule has 2 aromatic carbocycles. The molecule has 0 spiro atoms. The highest BCUT2D eigenvalue weighted by Gasteiger charge is 2.23. The second-order valence-corrected chi connectivity index (χ2v) is 9.53. The van der Waals surface area contributed by atoms with Crippen molar-refractivity contribution in [2.45, 2.75) is 46.4 Å². The number of benzene rings is 2. The molecule has 32 heavy (non-hydrogen) atoms. The van der Waals surface area contributed by atoms with Gasteiger partial charge in [0.25, 0.3) is 0 Å². The van der Waals surface area contributed by atoms with Gasteiger partial charge in [-0.3, -0.25) is 4.79 Å². The summed E-state index contributed by atoms with van der Waals surface area (Å²) in [6.45, 7) is 14.1. The summed E-state index contributed by atoms with van der Waals surface area (Å²) >= 11 is 0. The first-order valence-electron chi connectivity index (χ1n) is 11.2. The van der Waals surface area contributed by atoms with Gasteiger partial charge in [-0.25, -0.2) is 8.42 Å². The number of hydrogen-bond acceptors (Lipinski definition) is 5. The smallest absolute Gasteiger partial charge is 0.243 e. The number of hydrogen-bond donors (Lipinski definition) is 2. The average Bonchev–Trinajstić information content (AvgIpc) is 2.77. The zero-order valence-corrected chi connectivity index (χ0v) is 20.8. The molecular formula is C24H36N4O3S. The molecule has 0 aliphatic heterocycles. The lowest BCUT2D eigenvalue weighted by atomic mass is 10.1. The summed E-state index contributed by atoms with van der Waals surface area (Å²) in [4.78, 5) is 15.0. The van der Waals surface area contributed by atoms with Crippen LogP contribution in [0.25, 0.3) is 0 Å². The second-order valence-electron chi connectivity index (χ2n) is 7.59. The molecule has 0 saturated carbocycles. The van der Waals surface area contributed by atoms with Gasteiger partial charge in [0, 0.05) is 31.9 Å². The van der Waals surface area contributed by atoms with Crippen molar-refractivity contribution in [2.24, 2.45) is 0 Å². The van der Waals surface area contributed by atoms with Crippen LogP contribution < -0.4 is 15.5 Å². The fourth-order valence-corrected chi connectivity index (χ4v) is 5.11. The summed E-state index contributed by atoms with van der Waals surface area (Å²) < 4.78 is 27.5. The quantitative estimate of drug-likeness (QED) is 0.524. The third kappa shape index (κ3) is 5.81. The topological polar surface area (TPSA) is 81.8 Å². The minimum Gasteiger partial charge on any atom is -0.374 e. The van der Waals surface area contributed by atoms with Crippen LogP contribution in [0.3, 0.4) is 0 Å². The van der Waals surface area contributed by atoms with E-state index in [9.17, 15) is 13.2 Å². The molecule has 0 unspecified atom stereocenters. The molecule has 2 aromatic rings. The number of rotatable bonds is 11. The van der Waals surface area contributed by atoms with Gasteiger partial charge < -0.3 is 15.5 Å². The normalized spacial score (nSPS) is 11.5. The van der Waals surface area contributed by atoms with Crippen LogP contribution in [0.5, 0.6) is 0 Å². The number of amides is 1. The van der Waals surface area contributed by atoms with Crippen molar-refractivity contribution in [1.82, 2.24) is 4.31 Å². The highest BCUT2D eigenvalue weighted by molar-refractivity contribution is 7.89. The van der Waals surface area contributed by atoms with Gasteiger partial charge in [0.2, 0.25) is 15.9 Å². The van der Waals surface area contributed by atoms with Crippen molar-refractivity contribution in [1.29, 1.82) is 0 Å². The minimum absolute atomic E-state index is 0.0242. The molecule has 0 aliphatic rings. The Morgan fingerprint density at radius 3 is 2.16 bits per heavy atom. The van der Waals surface area contributed by atoms with E-state index in [0.717, 1.165) is 35.6 Å². The van der Waals surface area contributed by atoms with Crippen LogP contribution in [0.15, 0.2) is 41.3 Å². The summed E-state index contributed by atoms with van der Waals surface area (Å²) in [5.41, 5.74) is 4.40. The lowest BCUT2D eigenvalue weighted by Crippen LogP contribution is -2.31. The van der Waals surface area contributed by atoms with Crippen LogP contribution in [-0.2, 0) is 14.8 Å². The Kier molecular flexibility index (Phi) is 9.09. The molecule has 2 rings (SSSR count). The first-order valence-corrected chi connectivity index (χ1v) is 12.6. The van der Waals surface area contributed by atoms with Crippen molar-refractivity contribution in [3.05, 3.63) is 47.5 Å². The maximum atomic E-state index is 13.0. The molecule has 0 aromatic heterocycles. The van der Waals surface area contributed by atoms with Gasteiger partial charge in [-0.2, -0.15) is 4.31 Å². The molecule has 0 aliphatic carbocycles. The Balaban J connectivity index is 2.32. The third-order valence-corrected chi connectivity index (χ3v) is 7.78. The third-order valence-electron chi connectivity index (χ3n) is 5.73. The lowest BCUT2D eigenvalue weighted by molar-refractivity contribution is -0.114. The van der Waals surface area contributed by atoms with Gasteiger partial charge in [-0.05, 0) is 63.1 Å². The lowest BCUT2D eigenvalue weighted by Gasteiger charge is -2.26. The van der Waals surface area contributed by atoms with Crippen LogP contribution >= 0.6 is 0 Å². The zero-order valence-electron chi connectivity index (χ0n) is 20.0. The standard InChI is InChI=1S/C24H36N4O3S/c1-7-27(8-2)23-15-14-20(32(30,31)28(9-3)10-4)16-22(23)25-17-24(29)26-21-13-11-12-18(5)19(21)6/h11-16,25H,7-10,17H2,1-6H3,(H,26,29). The zero-order chi connectivity index (χ0) is 23.9. The van der Waals surface area contributed by atoms with E-state index in [-0.39, 0.29) is 17.3 Å². The van der Waals surface area contributed by atoms with Crippen LogP contribution in [0, 0.1) is 13.8 Å². The first-order chi connectivity index (χ1) is 15.2. The highest BCUT2D eigenvalue weighted by Crippen LogP contribution is 2.30. The van der Waals surface area contributed by atoms with Crippen molar-refractivity contribution in [3.63, 3.8) is 0 Å². The minimum atomic E-state index is -3.60. The summed E-state index contributed by atoms with van der Waals surface area (Å²) in [7, 11) is -3.60. The number of nitrogens with zero attached hydrogens (tertiary/aromatic N) is 2. The van der Waals surface area contributed by atoms with Crippen molar-refractivity contribution in [3.8, 4) is 0 Å². The monoisotopic (exact) mass is 460 g/mol. The number of carbonyl (C=O) groups is 1. The summed E-state index contributed by atoms with van der Waals surface area (Å²) in [6, 6.07) is 10.9. The van der Waals surface area contributed by atoms with Crippen molar-refractivity contribution < 1.29 is 13.2 Å². The van der Waals surface area contributed by atoms with E-state index in [1.165, 1.54) is 4.31 Å². The first kappa shape index (κ1) is 25.7. The molecule has 1 amide bonds. The van der Waals surface area contributed by atoms with Crippen LogP contribution in [0.4, 0.5) is 17.1 Å². The summed E-state index contributed by atoms with van der Waals surface area (Å²) in [5, 5.41) is 6.11. The van der Waals surface area contributed by atoms with Gasteiger partial charge in [-0.1, -0.05) is 26.0 Å². The number of carbonyl (C=O) groups excluding carboxylic acids is 1. The molecule has 0 heterocycles. The largest absolute Gasteiger partial charge is 0.374 e. The van der Waals surface area contributed by atoms with Gasteiger partial charge in [0.1, 0.15) is 0 Å². The fourth-order valence-electron chi connectivity index (χ4n) is 3.63. The molecular weight excluding hydrogens is 424 g/mol. The maximum absolute atomic E-state index is 13.0. The Morgan fingerprint density at radius 1 is 0.906 bits per heavy atom. The molecule has 176 valence electrons. The average molecular weight is 461 g/mol. The Bertz CT molecular complexity index is 1030. The van der Waals surface area contributed by atoms with Crippen molar-refractivity contribution in [2.75, 3.05) is 48.3 Å². The van der Waals surface area contributed by atoms with Crippen LogP contribution in [-0.4, -0.2) is 51.4 Å². The molecule has 2 N–H and O–H groups in total. The van der Waals surface area contributed by atoms with E-state index >= 15 is 0 Å². The van der Waals surface area contributed by atoms with E-state index in [2.05, 4.69) is 15.5 Å². The predicted molar refractivity (Wildman–Crippen MR) is 133 cm³/mol. The highest BCUT2D eigenvalue weighted by atomic mass is 32.2. The fraction of sp³-hybridized carbons (Fsp3) is 0.458. The van der Waals surface area contributed by atoms with E-state index in [0.29, 0.717) is 18.8 Å². The van der Waals surface area contributed by atoms with E-state index in [4.69, 9.17) is 0 Å². The van der Waals surface area contributed by atoms with E-state index in [1.807, 2.05) is 65.8 Å². The van der Waals surface area contributed by atoms with Gasteiger partial charge in [0.05, 0.1) is 22.8 Å². The summed E-state index contributed by atoms with van der Waals surface area (Å²) in [5.74, 6) is -0.193. The Labute approximate surface area is 192 Å². The molecule has 0 fully saturated rings. The van der Waals surface area contributed by atoms with E-state index in [1.54, 1.807) is 12.1 Å². The molecule has 7 nitrogen and oxygen atoms in total. The number of aryl methyl sites for hydroxylation is 1. The number of anilines is 3. The maximum Gasteiger partial charge on any atom is 0.243 e. The molecule has 0 bridgehead atoms. The van der Waals surface area contributed by atoms with Crippen molar-refractivity contribution >= 4 is 33.0 Å². The van der Waals surface area contributed by atoms with Gasteiger partial charge in [0.15, 0.2) is 0 Å². The number of sulfonamides is 1. The summed E-state index contributed by atoms with van der Waals surface area (Å²) in [6.07, 6.45) is 0. The molecule has 0 atom stereocenters. The molecule has 0 saturated heterocycles. The SMILES string of the molecule is CCN(CC)c1ccc(S(=O)(=O)N(CC)CC)cc1NCC(=O)Nc1cccc(C)c1C. The number of nitrogens with one attached hydrogen (secondary N) is 2. The van der Waals surface area contributed by atoms with Gasteiger partial charge in [-0.15, -0.1) is 0 Å². The van der Waals surface area contributed by atoms with Crippen LogP contribution in [0.2, 0.25) is 0 Å². The predicted octanol–water partition coefficient (Wildman–Crippen LogP) is 4.23. The molecule has 8 heteroatoms. The Morgan fingerprint density at radius 2 is 1.56 bits per heavy atom. The van der Waals surface area contributed by atoms with E-state index < -0.39 is 10.0 Å².